The smallest absolute Gasteiger partial charge is 0.0518 e. The van der Waals surface area contributed by atoms with Crippen LogP contribution in [0.15, 0.2) is 0 Å². The second-order valence-electron chi connectivity index (χ2n) is 5.50. The van der Waals surface area contributed by atoms with Crippen LogP contribution in [-0.4, -0.2) is 62.3 Å². The van der Waals surface area contributed by atoms with Crippen molar-refractivity contribution in [2.24, 2.45) is 0 Å². The predicted molar refractivity (Wildman–Crippen MR) is 75.6 cm³/mol. The molecule has 17 heavy (non-hydrogen) atoms. The third-order valence-electron chi connectivity index (χ3n) is 3.07. The highest BCUT2D eigenvalue weighted by Gasteiger charge is 2.04. The first-order chi connectivity index (χ1) is 7.93. The van der Waals surface area contributed by atoms with Gasteiger partial charge in [0.1, 0.15) is 0 Å². The summed E-state index contributed by atoms with van der Waals surface area (Å²) >= 11 is 0. The molecule has 0 rings (SSSR count). The van der Waals surface area contributed by atoms with E-state index in [4.69, 9.17) is 4.74 Å². The topological polar surface area (TPSA) is 15.7 Å². The molecule has 104 valence electrons. The molecular formula is C14H32N2O. The lowest BCUT2D eigenvalue weighted by atomic mass is 10.3. The molecule has 0 atom stereocenters. The van der Waals surface area contributed by atoms with Crippen molar-refractivity contribution in [2.45, 2.75) is 52.7 Å². The van der Waals surface area contributed by atoms with Crippen molar-refractivity contribution in [1.29, 1.82) is 0 Å². The molecule has 0 radical (unpaired) electrons. The van der Waals surface area contributed by atoms with Crippen molar-refractivity contribution < 1.29 is 4.74 Å². The lowest BCUT2D eigenvalue weighted by molar-refractivity contribution is 0.0719. The molecule has 3 nitrogen and oxygen atoms in total. The molecule has 0 saturated heterocycles. The first-order valence-electron chi connectivity index (χ1n) is 6.94. The maximum atomic E-state index is 5.53. The van der Waals surface area contributed by atoms with Gasteiger partial charge in [-0.3, -0.25) is 0 Å². The minimum Gasteiger partial charge on any atom is -0.379 e. The molecular weight excluding hydrogens is 212 g/mol. The van der Waals surface area contributed by atoms with Gasteiger partial charge in [-0.1, -0.05) is 0 Å². The molecule has 3 heteroatoms. The van der Waals surface area contributed by atoms with Crippen LogP contribution >= 0.6 is 0 Å². The van der Waals surface area contributed by atoms with E-state index in [0.717, 1.165) is 19.6 Å². The van der Waals surface area contributed by atoms with Crippen LogP contribution < -0.4 is 0 Å². The molecule has 0 aromatic rings. The molecule has 0 aromatic heterocycles. The Bertz CT molecular complexity index is 172. The highest BCUT2D eigenvalue weighted by atomic mass is 16.5. The van der Waals surface area contributed by atoms with Gasteiger partial charge in [-0.25, -0.2) is 0 Å². The fourth-order valence-corrected chi connectivity index (χ4v) is 1.61. The summed E-state index contributed by atoms with van der Waals surface area (Å²) in [4.78, 5) is 4.80. The van der Waals surface area contributed by atoms with Crippen molar-refractivity contribution in [3.8, 4) is 0 Å². The molecule has 0 saturated carbocycles. The summed E-state index contributed by atoms with van der Waals surface area (Å²) in [6, 6.07) is 0.653. The molecule has 0 aromatic carbocycles. The molecule has 0 spiro atoms. The van der Waals surface area contributed by atoms with E-state index in [1.54, 1.807) is 0 Å². The maximum Gasteiger partial charge on any atom is 0.0518 e. The Balaban J connectivity index is 3.37. The van der Waals surface area contributed by atoms with E-state index in [2.05, 4.69) is 51.6 Å². The van der Waals surface area contributed by atoms with Crippen LogP contribution in [0.25, 0.3) is 0 Å². The zero-order valence-corrected chi connectivity index (χ0v) is 12.7. The fraction of sp³-hybridized carbons (Fsp3) is 1.00. The van der Waals surface area contributed by atoms with Crippen molar-refractivity contribution in [2.75, 3.05) is 40.3 Å². The van der Waals surface area contributed by atoms with Gasteiger partial charge in [-0.15, -0.1) is 0 Å². The fourth-order valence-electron chi connectivity index (χ4n) is 1.61. The third-order valence-corrected chi connectivity index (χ3v) is 3.07. The van der Waals surface area contributed by atoms with Crippen molar-refractivity contribution in [3.05, 3.63) is 0 Å². The quantitative estimate of drug-likeness (QED) is 0.549. The number of rotatable bonds is 10. The van der Waals surface area contributed by atoms with Crippen molar-refractivity contribution >= 4 is 0 Å². The van der Waals surface area contributed by atoms with Gasteiger partial charge in [0.15, 0.2) is 0 Å². The monoisotopic (exact) mass is 244 g/mol. The molecule has 0 aliphatic heterocycles. The van der Waals surface area contributed by atoms with Crippen LogP contribution in [-0.2, 0) is 4.74 Å². The van der Waals surface area contributed by atoms with Crippen LogP contribution in [0.4, 0.5) is 0 Å². The highest BCUT2D eigenvalue weighted by Crippen LogP contribution is 1.98. The number of nitrogens with zero attached hydrogens (tertiary/aromatic N) is 2. The van der Waals surface area contributed by atoms with Crippen molar-refractivity contribution in [3.63, 3.8) is 0 Å². The highest BCUT2D eigenvalue weighted by molar-refractivity contribution is 4.59. The molecule has 0 amide bonds. The lowest BCUT2D eigenvalue weighted by Gasteiger charge is -2.23. The molecule has 0 unspecified atom stereocenters. The first kappa shape index (κ1) is 16.9. The van der Waals surface area contributed by atoms with Crippen LogP contribution in [0.5, 0.6) is 0 Å². The van der Waals surface area contributed by atoms with E-state index in [1.807, 2.05) is 0 Å². The van der Waals surface area contributed by atoms with Crippen molar-refractivity contribution in [1.82, 2.24) is 9.80 Å². The van der Waals surface area contributed by atoms with Gasteiger partial charge in [0.05, 0.1) is 6.10 Å². The Hall–Kier alpha value is -0.120. The predicted octanol–water partition coefficient (Wildman–Crippen LogP) is 2.46. The Morgan fingerprint density at radius 3 is 2.00 bits per heavy atom. The van der Waals surface area contributed by atoms with E-state index in [-0.39, 0.29) is 0 Å². The summed E-state index contributed by atoms with van der Waals surface area (Å²) in [6.07, 6.45) is 2.74. The molecule has 0 aliphatic carbocycles. The summed E-state index contributed by atoms with van der Waals surface area (Å²) in [5, 5.41) is 0. The summed E-state index contributed by atoms with van der Waals surface area (Å²) < 4.78 is 5.53. The molecule has 0 N–H and O–H groups in total. The maximum absolute atomic E-state index is 5.53. The zero-order chi connectivity index (χ0) is 13.3. The summed E-state index contributed by atoms with van der Waals surface area (Å²) in [5.74, 6) is 0. The second-order valence-corrected chi connectivity index (χ2v) is 5.50. The zero-order valence-electron chi connectivity index (χ0n) is 12.7. The Kier molecular flexibility index (Phi) is 9.79. The minimum absolute atomic E-state index is 0.361. The molecule has 0 bridgehead atoms. The standard InChI is InChI=1S/C14H32N2O/c1-13(2)16(6)11-7-9-15(5)10-8-12-17-14(3)4/h13-14H,7-12H2,1-6H3. The van der Waals surface area contributed by atoms with Gasteiger partial charge in [-0.05, 0) is 67.7 Å². The van der Waals surface area contributed by atoms with Crippen LogP contribution in [0.3, 0.4) is 0 Å². The van der Waals surface area contributed by atoms with E-state index >= 15 is 0 Å². The largest absolute Gasteiger partial charge is 0.379 e. The Labute approximate surface area is 108 Å². The molecule has 0 fully saturated rings. The third kappa shape index (κ3) is 10.7. The van der Waals surface area contributed by atoms with Gasteiger partial charge in [-0.2, -0.15) is 0 Å². The van der Waals surface area contributed by atoms with Gasteiger partial charge in [0, 0.05) is 19.2 Å². The Morgan fingerprint density at radius 2 is 1.47 bits per heavy atom. The normalized spacial score (nSPS) is 12.4. The van der Waals surface area contributed by atoms with E-state index in [1.165, 1.54) is 19.5 Å². The average molecular weight is 244 g/mol. The van der Waals surface area contributed by atoms with E-state index < -0.39 is 0 Å². The van der Waals surface area contributed by atoms with Gasteiger partial charge in [0.25, 0.3) is 0 Å². The summed E-state index contributed by atoms with van der Waals surface area (Å²) in [7, 11) is 4.39. The Morgan fingerprint density at radius 1 is 0.882 bits per heavy atom. The molecule has 0 heterocycles. The van der Waals surface area contributed by atoms with Gasteiger partial charge in [0.2, 0.25) is 0 Å². The number of hydrogen-bond acceptors (Lipinski definition) is 3. The van der Waals surface area contributed by atoms with Gasteiger partial charge < -0.3 is 14.5 Å². The number of hydrogen-bond donors (Lipinski definition) is 0. The average Bonchev–Trinajstić information content (AvgIpc) is 2.23. The first-order valence-corrected chi connectivity index (χ1v) is 6.94. The number of ether oxygens (including phenoxy) is 1. The lowest BCUT2D eigenvalue weighted by Crippen LogP contribution is -2.30. The van der Waals surface area contributed by atoms with Crippen LogP contribution in [0, 0.1) is 0 Å². The van der Waals surface area contributed by atoms with Crippen LogP contribution in [0.2, 0.25) is 0 Å². The summed E-state index contributed by atoms with van der Waals surface area (Å²) in [5.41, 5.74) is 0. The SMILES string of the molecule is CC(C)OCCCN(C)CCCN(C)C(C)C. The second kappa shape index (κ2) is 9.86. The van der Waals surface area contributed by atoms with Crippen LogP contribution in [0.1, 0.15) is 40.5 Å². The van der Waals surface area contributed by atoms with Gasteiger partial charge >= 0.3 is 0 Å². The van der Waals surface area contributed by atoms with E-state index in [0.29, 0.717) is 12.1 Å². The van der Waals surface area contributed by atoms with E-state index in [9.17, 15) is 0 Å². The summed E-state index contributed by atoms with van der Waals surface area (Å²) in [6.45, 7) is 13.0. The minimum atomic E-state index is 0.361. The molecule has 0 aliphatic rings.